The number of nitrogens with zero attached hydrogens (tertiary/aromatic N) is 2. The largest absolute Gasteiger partial charge is 0.435 e. The monoisotopic (exact) mass is 265 g/mol. The van der Waals surface area contributed by atoms with E-state index in [0.29, 0.717) is 19.5 Å². The predicted molar refractivity (Wildman–Crippen MR) is 61.0 cm³/mol. The first-order valence-electron chi connectivity index (χ1n) is 5.77. The van der Waals surface area contributed by atoms with E-state index in [4.69, 9.17) is 0 Å². The van der Waals surface area contributed by atoms with E-state index in [9.17, 15) is 18.3 Å². The molecule has 0 saturated heterocycles. The van der Waals surface area contributed by atoms with E-state index in [1.807, 2.05) is 13.8 Å². The van der Waals surface area contributed by atoms with Crippen LogP contribution in [0, 0.1) is 0 Å². The molecule has 0 saturated carbocycles. The maximum absolute atomic E-state index is 12.3. The van der Waals surface area contributed by atoms with Crippen LogP contribution in [-0.4, -0.2) is 33.6 Å². The zero-order valence-corrected chi connectivity index (χ0v) is 10.5. The molecule has 0 aliphatic carbocycles. The average Bonchev–Trinajstić information content (AvgIpc) is 2.75. The topological polar surface area (TPSA) is 50.1 Å². The van der Waals surface area contributed by atoms with Gasteiger partial charge in [0.2, 0.25) is 0 Å². The van der Waals surface area contributed by atoms with Crippen molar-refractivity contribution in [3.8, 4) is 0 Å². The Labute approximate surface area is 104 Å². The van der Waals surface area contributed by atoms with Crippen LogP contribution in [0.3, 0.4) is 0 Å². The summed E-state index contributed by atoms with van der Waals surface area (Å²) in [4.78, 5) is 0. The fourth-order valence-corrected chi connectivity index (χ4v) is 1.65. The van der Waals surface area contributed by atoms with Gasteiger partial charge in [0.25, 0.3) is 0 Å². The lowest BCUT2D eigenvalue weighted by Gasteiger charge is -2.28. The standard InChI is InChI=1S/C11H18F3N3O/c1-3-15-10(2,8-18)5-7-17-6-4-9(16-17)11(12,13)14/h4,6,15,18H,3,5,7-8H2,1-2H3. The van der Waals surface area contributed by atoms with Gasteiger partial charge in [-0.05, 0) is 26.0 Å². The first-order chi connectivity index (χ1) is 8.30. The molecule has 7 heteroatoms. The Morgan fingerprint density at radius 1 is 1.44 bits per heavy atom. The van der Waals surface area contributed by atoms with E-state index in [1.165, 1.54) is 10.9 Å². The van der Waals surface area contributed by atoms with Gasteiger partial charge in [-0.25, -0.2) is 0 Å². The van der Waals surface area contributed by atoms with Crippen molar-refractivity contribution in [2.75, 3.05) is 13.2 Å². The van der Waals surface area contributed by atoms with Gasteiger partial charge in [0.05, 0.1) is 6.61 Å². The zero-order valence-electron chi connectivity index (χ0n) is 10.5. The maximum Gasteiger partial charge on any atom is 0.435 e. The highest BCUT2D eigenvalue weighted by molar-refractivity contribution is 5.03. The summed E-state index contributed by atoms with van der Waals surface area (Å²) >= 11 is 0. The molecule has 1 heterocycles. The molecule has 0 amide bonds. The van der Waals surface area contributed by atoms with Crippen LogP contribution in [0.25, 0.3) is 0 Å². The molecule has 0 radical (unpaired) electrons. The molecule has 0 aliphatic heterocycles. The highest BCUT2D eigenvalue weighted by atomic mass is 19.4. The minimum absolute atomic E-state index is 0.0752. The average molecular weight is 265 g/mol. The lowest BCUT2D eigenvalue weighted by atomic mass is 9.99. The van der Waals surface area contributed by atoms with Gasteiger partial charge in [0, 0.05) is 18.3 Å². The van der Waals surface area contributed by atoms with Gasteiger partial charge in [0.1, 0.15) is 0 Å². The van der Waals surface area contributed by atoms with Crippen LogP contribution in [0.2, 0.25) is 0 Å². The lowest BCUT2D eigenvalue weighted by molar-refractivity contribution is -0.141. The number of aromatic nitrogens is 2. The predicted octanol–water partition coefficient (Wildman–Crippen LogP) is 1.65. The number of likely N-dealkylation sites (N-methyl/N-ethyl adjacent to an activating group) is 1. The quantitative estimate of drug-likeness (QED) is 0.822. The second-order valence-corrected chi connectivity index (χ2v) is 4.46. The van der Waals surface area contributed by atoms with E-state index in [2.05, 4.69) is 10.4 Å². The molecule has 18 heavy (non-hydrogen) atoms. The molecule has 1 aromatic rings. The Balaban J connectivity index is 2.61. The second kappa shape index (κ2) is 5.71. The Kier molecular flexibility index (Phi) is 4.75. The van der Waals surface area contributed by atoms with E-state index < -0.39 is 17.4 Å². The Bertz CT molecular complexity index is 378. The van der Waals surface area contributed by atoms with Crippen molar-refractivity contribution in [1.29, 1.82) is 0 Å². The summed E-state index contributed by atoms with van der Waals surface area (Å²) in [5, 5.41) is 15.8. The molecule has 0 bridgehead atoms. The van der Waals surface area contributed by atoms with E-state index >= 15 is 0 Å². The van der Waals surface area contributed by atoms with E-state index in [-0.39, 0.29) is 6.61 Å². The van der Waals surface area contributed by atoms with Gasteiger partial charge in [-0.1, -0.05) is 6.92 Å². The number of aliphatic hydroxyl groups excluding tert-OH is 1. The minimum atomic E-state index is -4.41. The molecule has 0 aliphatic rings. The molecule has 1 atom stereocenters. The molecule has 0 aromatic carbocycles. The Morgan fingerprint density at radius 2 is 2.11 bits per heavy atom. The molecule has 0 spiro atoms. The SMILES string of the molecule is CCNC(C)(CO)CCn1ccc(C(F)(F)F)n1. The number of hydrogen-bond donors (Lipinski definition) is 2. The first-order valence-corrected chi connectivity index (χ1v) is 5.77. The highest BCUT2D eigenvalue weighted by Crippen LogP contribution is 2.27. The first kappa shape index (κ1) is 15.0. The Morgan fingerprint density at radius 3 is 2.56 bits per heavy atom. The number of rotatable bonds is 6. The van der Waals surface area contributed by atoms with Crippen molar-refractivity contribution in [3.05, 3.63) is 18.0 Å². The number of halogens is 3. The third-order valence-electron chi connectivity index (χ3n) is 2.78. The molecule has 1 aromatic heterocycles. The third-order valence-corrected chi connectivity index (χ3v) is 2.78. The molecule has 1 rings (SSSR count). The van der Waals surface area contributed by atoms with E-state index in [0.717, 1.165) is 6.07 Å². The van der Waals surface area contributed by atoms with Crippen molar-refractivity contribution in [2.24, 2.45) is 0 Å². The fourth-order valence-electron chi connectivity index (χ4n) is 1.65. The van der Waals surface area contributed by atoms with Crippen molar-refractivity contribution in [2.45, 2.75) is 38.5 Å². The van der Waals surface area contributed by atoms with Gasteiger partial charge in [0.15, 0.2) is 5.69 Å². The number of aryl methyl sites for hydroxylation is 1. The maximum atomic E-state index is 12.3. The number of alkyl halides is 3. The molecule has 0 fully saturated rings. The van der Waals surface area contributed by atoms with Crippen LogP contribution in [0.5, 0.6) is 0 Å². The summed E-state index contributed by atoms with van der Waals surface area (Å²) < 4.78 is 38.2. The van der Waals surface area contributed by atoms with E-state index in [1.54, 1.807) is 0 Å². The molecular weight excluding hydrogens is 247 g/mol. The summed E-state index contributed by atoms with van der Waals surface area (Å²) in [5.41, 5.74) is -1.39. The van der Waals surface area contributed by atoms with Gasteiger partial charge in [-0.2, -0.15) is 18.3 Å². The van der Waals surface area contributed by atoms with Crippen molar-refractivity contribution >= 4 is 0 Å². The fraction of sp³-hybridized carbons (Fsp3) is 0.727. The molecule has 2 N–H and O–H groups in total. The van der Waals surface area contributed by atoms with Crippen LogP contribution < -0.4 is 5.32 Å². The van der Waals surface area contributed by atoms with Gasteiger partial charge in [-0.15, -0.1) is 0 Å². The van der Waals surface area contributed by atoms with Crippen LogP contribution in [0.1, 0.15) is 26.0 Å². The zero-order chi connectivity index (χ0) is 13.8. The smallest absolute Gasteiger partial charge is 0.394 e. The van der Waals surface area contributed by atoms with Gasteiger partial charge < -0.3 is 10.4 Å². The minimum Gasteiger partial charge on any atom is -0.394 e. The van der Waals surface area contributed by atoms with Gasteiger partial charge >= 0.3 is 6.18 Å². The second-order valence-electron chi connectivity index (χ2n) is 4.46. The van der Waals surface area contributed by atoms with Gasteiger partial charge in [-0.3, -0.25) is 4.68 Å². The number of nitrogens with one attached hydrogen (secondary N) is 1. The lowest BCUT2D eigenvalue weighted by Crippen LogP contribution is -2.46. The summed E-state index contributed by atoms with van der Waals surface area (Å²) in [6.07, 6.45) is -2.61. The molecular formula is C11H18F3N3O. The van der Waals surface area contributed by atoms with Crippen molar-refractivity contribution < 1.29 is 18.3 Å². The Hall–Kier alpha value is -1.08. The van der Waals surface area contributed by atoms with Crippen molar-refractivity contribution in [1.82, 2.24) is 15.1 Å². The molecule has 4 nitrogen and oxygen atoms in total. The molecule has 104 valence electrons. The summed E-state index contributed by atoms with van der Waals surface area (Å²) in [6, 6.07) is 0.948. The van der Waals surface area contributed by atoms with Crippen LogP contribution in [-0.2, 0) is 12.7 Å². The highest BCUT2D eigenvalue weighted by Gasteiger charge is 2.33. The summed E-state index contributed by atoms with van der Waals surface area (Å²) in [7, 11) is 0. The van der Waals surface area contributed by atoms with Crippen LogP contribution >= 0.6 is 0 Å². The van der Waals surface area contributed by atoms with Crippen LogP contribution in [0.15, 0.2) is 12.3 Å². The summed E-state index contributed by atoms with van der Waals surface area (Å²) in [6.45, 7) is 4.66. The normalized spacial score (nSPS) is 15.7. The van der Waals surface area contributed by atoms with Crippen LogP contribution in [0.4, 0.5) is 13.2 Å². The third kappa shape index (κ3) is 3.99. The van der Waals surface area contributed by atoms with Crippen molar-refractivity contribution in [3.63, 3.8) is 0 Å². The molecule has 1 unspecified atom stereocenters. The number of hydrogen-bond acceptors (Lipinski definition) is 3. The number of aliphatic hydroxyl groups is 1. The summed E-state index contributed by atoms with van der Waals surface area (Å²) in [5.74, 6) is 0.